The first kappa shape index (κ1) is 18.7. The predicted octanol–water partition coefficient (Wildman–Crippen LogP) is 3.67. The van der Waals surface area contributed by atoms with E-state index in [4.69, 9.17) is 0 Å². The number of nitrogens with zero attached hydrogens (tertiary/aromatic N) is 3. The van der Waals surface area contributed by atoms with Gasteiger partial charge in [0.25, 0.3) is 5.56 Å². The van der Waals surface area contributed by atoms with Gasteiger partial charge >= 0.3 is 0 Å². The first-order valence-electron chi connectivity index (χ1n) is 9.58. The van der Waals surface area contributed by atoms with Crippen LogP contribution in [0.15, 0.2) is 71.8 Å². The molecule has 0 unspecified atom stereocenters. The van der Waals surface area contributed by atoms with E-state index in [9.17, 15) is 9.59 Å². The molecule has 1 N–H and O–H groups in total. The summed E-state index contributed by atoms with van der Waals surface area (Å²) in [6.07, 6.45) is 4.22. The summed E-state index contributed by atoms with van der Waals surface area (Å²) in [5.41, 5.74) is 4.93. The lowest BCUT2D eigenvalue weighted by molar-refractivity contribution is -0.116. The van der Waals surface area contributed by atoms with E-state index in [1.54, 1.807) is 23.0 Å². The summed E-state index contributed by atoms with van der Waals surface area (Å²) in [6, 6.07) is 17.4. The summed E-state index contributed by atoms with van der Waals surface area (Å²) < 4.78 is 2.95. The van der Waals surface area contributed by atoms with Gasteiger partial charge in [-0.05, 0) is 37.1 Å². The van der Waals surface area contributed by atoms with Gasteiger partial charge in [-0.2, -0.15) is 5.10 Å². The zero-order valence-corrected chi connectivity index (χ0v) is 16.4. The van der Waals surface area contributed by atoms with Gasteiger partial charge in [0.1, 0.15) is 12.1 Å². The Morgan fingerprint density at radius 3 is 2.45 bits per heavy atom. The standard InChI is InChI=1S/C23H22N4O2/c1-3-17-6-10-19(11-7-17)24-22(28)15-26-12-13-27-21(23(26)29)14-20(25-27)18-8-4-16(2)5-9-18/h4-14H,3,15H2,1-2H3,(H,24,28). The van der Waals surface area contributed by atoms with E-state index in [0.29, 0.717) is 11.2 Å². The average Bonchev–Trinajstić information content (AvgIpc) is 3.16. The Balaban J connectivity index is 1.56. The predicted molar refractivity (Wildman–Crippen MR) is 114 cm³/mol. The van der Waals surface area contributed by atoms with Crippen LogP contribution in [0, 0.1) is 6.92 Å². The fraction of sp³-hybridized carbons (Fsp3) is 0.174. The number of anilines is 1. The summed E-state index contributed by atoms with van der Waals surface area (Å²) in [5, 5.41) is 7.31. The lowest BCUT2D eigenvalue weighted by Gasteiger charge is -2.08. The van der Waals surface area contributed by atoms with Gasteiger partial charge < -0.3 is 9.88 Å². The highest BCUT2D eigenvalue weighted by Crippen LogP contribution is 2.19. The van der Waals surface area contributed by atoms with Gasteiger partial charge in [0.05, 0.1) is 5.69 Å². The number of rotatable bonds is 5. The molecule has 4 aromatic rings. The third-order valence-corrected chi connectivity index (χ3v) is 4.91. The Kier molecular flexibility index (Phi) is 4.99. The van der Waals surface area contributed by atoms with Crippen molar-refractivity contribution in [2.24, 2.45) is 0 Å². The van der Waals surface area contributed by atoms with Gasteiger partial charge in [0.2, 0.25) is 5.91 Å². The molecule has 6 heteroatoms. The van der Waals surface area contributed by atoms with Crippen LogP contribution in [0.2, 0.25) is 0 Å². The van der Waals surface area contributed by atoms with E-state index in [-0.39, 0.29) is 18.0 Å². The Morgan fingerprint density at radius 1 is 1.03 bits per heavy atom. The highest BCUT2D eigenvalue weighted by Gasteiger charge is 2.11. The molecule has 0 bridgehead atoms. The van der Waals surface area contributed by atoms with Gasteiger partial charge in [0.15, 0.2) is 0 Å². The number of fused-ring (bicyclic) bond motifs is 1. The zero-order chi connectivity index (χ0) is 20.4. The number of carbonyl (C=O) groups excluding carboxylic acids is 1. The molecule has 29 heavy (non-hydrogen) atoms. The molecule has 0 aliphatic rings. The molecular formula is C23H22N4O2. The average molecular weight is 386 g/mol. The molecule has 146 valence electrons. The molecule has 0 radical (unpaired) electrons. The van der Waals surface area contributed by atoms with E-state index in [1.165, 1.54) is 10.1 Å². The first-order chi connectivity index (χ1) is 14.0. The minimum absolute atomic E-state index is 0.0596. The quantitative estimate of drug-likeness (QED) is 0.569. The molecule has 2 aromatic heterocycles. The van der Waals surface area contributed by atoms with E-state index in [1.807, 2.05) is 55.5 Å². The maximum Gasteiger partial charge on any atom is 0.277 e. The topological polar surface area (TPSA) is 68.4 Å². The van der Waals surface area contributed by atoms with Crippen molar-refractivity contribution < 1.29 is 4.79 Å². The summed E-state index contributed by atoms with van der Waals surface area (Å²) in [6.45, 7) is 4.04. The molecule has 0 spiro atoms. The number of hydrogen-bond acceptors (Lipinski definition) is 3. The van der Waals surface area contributed by atoms with E-state index in [2.05, 4.69) is 17.3 Å². The second-order valence-electron chi connectivity index (χ2n) is 7.06. The van der Waals surface area contributed by atoms with Crippen molar-refractivity contribution in [2.75, 3.05) is 5.32 Å². The number of nitrogens with one attached hydrogen (secondary N) is 1. The van der Waals surface area contributed by atoms with Crippen LogP contribution in [0.25, 0.3) is 16.8 Å². The van der Waals surface area contributed by atoms with Crippen molar-refractivity contribution >= 4 is 17.1 Å². The molecule has 2 heterocycles. The van der Waals surface area contributed by atoms with Crippen molar-refractivity contribution in [1.82, 2.24) is 14.2 Å². The lowest BCUT2D eigenvalue weighted by atomic mass is 10.1. The van der Waals surface area contributed by atoms with Crippen LogP contribution in [0.5, 0.6) is 0 Å². The van der Waals surface area contributed by atoms with Crippen LogP contribution in [0.1, 0.15) is 18.1 Å². The van der Waals surface area contributed by atoms with Crippen LogP contribution in [0.3, 0.4) is 0 Å². The Morgan fingerprint density at radius 2 is 1.76 bits per heavy atom. The minimum Gasteiger partial charge on any atom is -0.325 e. The van der Waals surface area contributed by atoms with Crippen molar-refractivity contribution in [3.05, 3.63) is 88.5 Å². The summed E-state index contributed by atoms with van der Waals surface area (Å²) in [4.78, 5) is 25.2. The largest absolute Gasteiger partial charge is 0.325 e. The second kappa shape index (κ2) is 7.75. The normalized spacial score (nSPS) is 11.0. The highest BCUT2D eigenvalue weighted by molar-refractivity contribution is 5.90. The summed E-state index contributed by atoms with van der Waals surface area (Å²) >= 11 is 0. The van der Waals surface area contributed by atoms with Gasteiger partial charge in [-0.3, -0.25) is 9.59 Å². The van der Waals surface area contributed by atoms with Gasteiger partial charge in [-0.25, -0.2) is 4.52 Å². The van der Waals surface area contributed by atoms with E-state index in [0.717, 1.165) is 23.2 Å². The number of carbonyl (C=O) groups is 1. The second-order valence-corrected chi connectivity index (χ2v) is 7.06. The molecule has 0 aliphatic heterocycles. The molecular weight excluding hydrogens is 364 g/mol. The lowest BCUT2D eigenvalue weighted by Crippen LogP contribution is -2.28. The molecule has 0 fully saturated rings. The van der Waals surface area contributed by atoms with Crippen LogP contribution in [-0.2, 0) is 17.8 Å². The van der Waals surface area contributed by atoms with Crippen molar-refractivity contribution in [2.45, 2.75) is 26.8 Å². The molecule has 0 aliphatic carbocycles. The van der Waals surface area contributed by atoms with Crippen molar-refractivity contribution in [3.63, 3.8) is 0 Å². The van der Waals surface area contributed by atoms with Crippen LogP contribution >= 0.6 is 0 Å². The summed E-state index contributed by atoms with van der Waals surface area (Å²) in [5.74, 6) is -0.251. The van der Waals surface area contributed by atoms with E-state index < -0.39 is 0 Å². The molecule has 0 atom stereocenters. The number of benzene rings is 2. The van der Waals surface area contributed by atoms with Crippen LogP contribution in [0.4, 0.5) is 5.69 Å². The first-order valence-corrected chi connectivity index (χ1v) is 9.58. The monoisotopic (exact) mass is 386 g/mol. The third kappa shape index (κ3) is 3.96. The Bertz CT molecular complexity index is 1220. The number of aryl methyl sites for hydroxylation is 2. The molecule has 4 rings (SSSR count). The Labute approximate surface area is 168 Å². The molecule has 2 aromatic carbocycles. The summed E-state index contributed by atoms with van der Waals surface area (Å²) in [7, 11) is 0. The third-order valence-electron chi connectivity index (χ3n) is 4.91. The fourth-order valence-electron chi connectivity index (χ4n) is 3.20. The zero-order valence-electron chi connectivity index (χ0n) is 16.4. The number of amides is 1. The van der Waals surface area contributed by atoms with Gasteiger partial charge in [0, 0.05) is 23.6 Å². The van der Waals surface area contributed by atoms with Crippen LogP contribution < -0.4 is 10.9 Å². The van der Waals surface area contributed by atoms with E-state index >= 15 is 0 Å². The fourth-order valence-corrected chi connectivity index (χ4v) is 3.20. The van der Waals surface area contributed by atoms with Gasteiger partial charge in [-0.1, -0.05) is 48.9 Å². The van der Waals surface area contributed by atoms with Crippen molar-refractivity contribution in [3.8, 4) is 11.3 Å². The molecule has 0 saturated carbocycles. The number of hydrogen-bond donors (Lipinski definition) is 1. The minimum atomic E-state index is -0.255. The molecule has 1 amide bonds. The highest BCUT2D eigenvalue weighted by atomic mass is 16.2. The molecule has 0 saturated heterocycles. The number of aromatic nitrogens is 3. The van der Waals surface area contributed by atoms with Crippen LogP contribution in [-0.4, -0.2) is 20.1 Å². The Hall–Kier alpha value is -3.67. The smallest absolute Gasteiger partial charge is 0.277 e. The van der Waals surface area contributed by atoms with Crippen molar-refractivity contribution in [1.29, 1.82) is 0 Å². The maximum atomic E-state index is 12.8. The van der Waals surface area contributed by atoms with Gasteiger partial charge in [-0.15, -0.1) is 0 Å². The maximum absolute atomic E-state index is 12.8. The SMILES string of the molecule is CCc1ccc(NC(=O)Cn2ccn3nc(-c4ccc(C)cc4)cc3c2=O)cc1. The molecule has 6 nitrogen and oxygen atoms in total.